The van der Waals surface area contributed by atoms with Gasteiger partial charge in [0.05, 0.1) is 12.1 Å². The van der Waals surface area contributed by atoms with Crippen LogP contribution in [-0.4, -0.2) is 11.5 Å². The summed E-state index contributed by atoms with van der Waals surface area (Å²) in [7, 11) is 0. The van der Waals surface area contributed by atoms with Gasteiger partial charge in [0.25, 0.3) is 0 Å². The molecule has 0 aromatic carbocycles. The van der Waals surface area contributed by atoms with Gasteiger partial charge in [0, 0.05) is 0 Å². The SMILES string of the molecule is O=[N+]([O-])c1ccc([C@H]2CCCCN2)o1. The van der Waals surface area contributed by atoms with Crippen LogP contribution >= 0.6 is 0 Å². The molecule has 0 saturated carbocycles. The van der Waals surface area contributed by atoms with Gasteiger partial charge in [0.2, 0.25) is 0 Å². The molecule has 1 N–H and O–H groups in total. The number of furan rings is 1. The zero-order valence-electron chi connectivity index (χ0n) is 7.73. The molecule has 1 aromatic rings. The van der Waals surface area contributed by atoms with Crippen molar-refractivity contribution in [3.8, 4) is 0 Å². The molecular weight excluding hydrogens is 184 g/mol. The molecule has 0 aliphatic carbocycles. The van der Waals surface area contributed by atoms with E-state index in [-0.39, 0.29) is 11.9 Å². The van der Waals surface area contributed by atoms with Gasteiger partial charge in [-0.1, -0.05) is 6.42 Å². The van der Waals surface area contributed by atoms with Crippen LogP contribution in [0.5, 0.6) is 0 Å². The normalized spacial score (nSPS) is 22.1. The molecule has 0 unspecified atom stereocenters. The Morgan fingerprint density at radius 3 is 2.93 bits per heavy atom. The summed E-state index contributed by atoms with van der Waals surface area (Å²) in [6.45, 7) is 0.958. The maximum absolute atomic E-state index is 10.4. The molecule has 5 heteroatoms. The Balaban J connectivity index is 2.11. The lowest BCUT2D eigenvalue weighted by Crippen LogP contribution is -2.26. The van der Waals surface area contributed by atoms with Crippen LogP contribution in [0.4, 0.5) is 5.88 Å². The molecule has 14 heavy (non-hydrogen) atoms. The summed E-state index contributed by atoms with van der Waals surface area (Å²) >= 11 is 0. The van der Waals surface area contributed by atoms with Crippen molar-refractivity contribution in [2.75, 3.05) is 6.54 Å². The monoisotopic (exact) mass is 196 g/mol. The maximum Gasteiger partial charge on any atom is 0.433 e. The highest BCUT2D eigenvalue weighted by Crippen LogP contribution is 2.26. The number of nitro groups is 1. The third kappa shape index (κ3) is 1.77. The van der Waals surface area contributed by atoms with Crippen LogP contribution in [-0.2, 0) is 0 Å². The molecule has 1 saturated heterocycles. The van der Waals surface area contributed by atoms with Gasteiger partial charge < -0.3 is 9.73 Å². The largest absolute Gasteiger partial charge is 0.433 e. The standard InChI is InChI=1S/C9H12N2O3/c12-11(13)9-5-4-8(14-9)7-3-1-2-6-10-7/h4-5,7,10H,1-3,6H2/t7-/m1/s1. The molecule has 0 spiro atoms. The van der Waals surface area contributed by atoms with E-state index in [9.17, 15) is 10.1 Å². The first-order chi connectivity index (χ1) is 6.77. The first-order valence-electron chi connectivity index (χ1n) is 4.75. The van der Waals surface area contributed by atoms with Gasteiger partial charge >= 0.3 is 5.88 Å². The summed E-state index contributed by atoms with van der Waals surface area (Å²) in [5, 5.41) is 13.7. The predicted molar refractivity (Wildman–Crippen MR) is 50.0 cm³/mol. The highest BCUT2D eigenvalue weighted by Gasteiger charge is 2.20. The fourth-order valence-corrected chi connectivity index (χ4v) is 1.72. The first kappa shape index (κ1) is 9.21. The summed E-state index contributed by atoms with van der Waals surface area (Å²) in [5.41, 5.74) is 0. The van der Waals surface area contributed by atoms with E-state index in [1.54, 1.807) is 6.07 Å². The quantitative estimate of drug-likeness (QED) is 0.580. The summed E-state index contributed by atoms with van der Waals surface area (Å²) in [4.78, 5) is 9.88. The summed E-state index contributed by atoms with van der Waals surface area (Å²) in [6.07, 6.45) is 3.30. The lowest BCUT2D eigenvalue weighted by molar-refractivity contribution is -0.402. The van der Waals surface area contributed by atoms with Crippen molar-refractivity contribution in [1.29, 1.82) is 0 Å². The number of rotatable bonds is 2. The number of nitrogens with zero attached hydrogens (tertiary/aromatic N) is 1. The molecule has 2 rings (SSSR count). The summed E-state index contributed by atoms with van der Waals surface area (Å²) in [5.74, 6) is 0.503. The number of nitrogens with one attached hydrogen (secondary N) is 1. The molecule has 1 aliphatic heterocycles. The average Bonchev–Trinajstić information content (AvgIpc) is 2.68. The van der Waals surface area contributed by atoms with E-state index in [0.29, 0.717) is 5.76 Å². The Labute approximate surface area is 81.2 Å². The number of hydrogen-bond donors (Lipinski definition) is 1. The first-order valence-corrected chi connectivity index (χ1v) is 4.75. The minimum atomic E-state index is -0.508. The van der Waals surface area contributed by atoms with Gasteiger partial charge in [-0.2, -0.15) is 0 Å². The van der Waals surface area contributed by atoms with Gasteiger partial charge in [-0.25, -0.2) is 0 Å². The van der Waals surface area contributed by atoms with Crippen LogP contribution in [0.15, 0.2) is 16.5 Å². The van der Waals surface area contributed by atoms with Crippen molar-refractivity contribution in [2.24, 2.45) is 0 Å². The Morgan fingerprint density at radius 2 is 2.36 bits per heavy atom. The Kier molecular flexibility index (Phi) is 2.49. The Hall–Kier alpha value is -1.36. The van der Waals surface area contributed by atoms with Crippen LogP contribution in [0.25, 0.3) is 0 Å². The second-order valence-corrected chi connectivity index (χ2v) is 3.44. The Morgan fingerprint density at radius 1 is 1.50 bits per heavy atom. The maximum atomic E-state index is 10.4. The van der Waals surface area contributed by atoms with Gasteiger partial charge in [-0.3, -0.25) is 10.1 Å². The summed E-state index contributed by atoms with van der Waals surface area (Å²) in [6, 6.07) is 3.24. The molecule has 5 nitrogen and oxygen atoms in total. The van der Waals surface area contributed by atoms with Crippen molar-refractivity contribution >= 4 is 5.88 Å². The molecule has 1 atom stereocenters. The predicted octanol–water partition coefficient (Wildman–Crippen LogP) is 2.00. The molecule has 2 heterocycles. The van der Waals surface area contributed by atoms with Crippen LogP contribution in [0.3, 0.4) is 0 Å². The van der Waals surface area contributed by atoms with Gasteiger partial charge in [-0.05, 0) is 25.5 Å². The van der Waals surface area contributed by atoms with Crippen LogP contribution in [0.1, 0.15) is 31.1 Å². The molecule has 0 bridgehead atoms. The third-order valence-corrected chi connectivity index (χ3v) is 2.45. The molecular formula is C9H12N2O3. The van der Waals surface area contributed by atoms with Crippen molar-refractivity contribution in [1.82, 2.24) is 5.32 Å². The molecule has 1 fully saturated rings. The number of piperidine rings is 1. The zero-order valence-corrected chi connectivity index (χ0v) is 7.73. The van der Waals surface area contributed by atoms with Crippen molar-refractivity contribution < 1.29 is 9.34 Å². The van der Waals surface area contributed by atoms with E-state index in [2.05, 4.69) is 5.32 Å². The minimum absolute atomic E-state index is 0.150. The minimum Gasteiger partial charge on any atom is -0.404 e. The molecule has 0 radical (unpaired) electrons. The van der Waals surface area contributed by atoms with E-state index in [0.717, 1.165) is 19.4 Å². The van der Waals surface area contributed by atoms with E-state index < -0.39 is 4.92 Å². The second-order valence-electron chi connectivity index (χ2n) is 3.44. The second kappa shape index (κ2) is 3.79. The fraction of sp³-hybridized carbons (Fsp3) is 0.556. The van der Waals surface area contributed by atoms with E-state index in [4.69, 9.17) is 4.42 Å². The van der Waals surface area contributed by atoms with Crippen LogP contribution in [0.2, 0.25) is 0 Å². The zero-order chi connectivity index (χ0) is 9.97. The van der Waals surface area contributed by atoms with E-state index in [1.807, 2.05) is 0 Å². The Bertz CT molecular complexity index is 329. The van der Waals surface area contributed by atoms with E-state index in [1.165, 1.54) is 12.5 Å². The van der Waals surface area contributed by atoms with Crippen molar-refractivity contribution in [3.63, 3.8) is 0 Å². The van der Waals surface area contributed by atoms with Crippen LogP contribution < -0.4 is 5.32 Å². The lowest BCUT2D eigenvalue weighted by Gasteiger charge is -2.20. The highest BCUT2D eigenvalue weighted by molar-refractivity contribution is 5.20. The number of hydrogen-bond acceptors (Lipinski definition) is 4. The third-order valence-electron chi connectivity index (χ3n) is 2.45. The van der Waals surface area contributed by atoms with Gasteiger partial charge in [0.1, 0.15) is 10.7 Å². The van der Waals surface area contributed by atoms with Crippen molar-refractivity contribution in [3.05, 3.63) is 28.0 Å². The molecule has 0 amide bonds. The van der Waals surface area contributed by atoms with Crippen molar-refractivity contribution in [2.45, 2.75) is 25.3 Å². The fourth-order valence-electron chi connectivity index (χ4n) is 1.72. The van der Waals surface area contributed by atoms with Gasteiger partial charge in [0.15, 0.2) is 0 Å². The molecule has 1 aromatic heterocycles. The molecule has 76 valence electrons. The average molecular weight is 196 g/mol. The van der Waals surface area contributed by atoms with Gasteiger partial charge in [-0.15, -0.1) is 0 Å². The molecule has 1 aliphatic rings. The lowest BCUT2D eigenvalue weighted by atomic mass is 10.0. The van der Waals surface area contributed by atoms with Crippen LogP contribution in [0, 0.1) is 10.1 Å². The topological polar surface area (TPSA) is 68.3 Å². The highest BCUT2D eigenvalue weighted by atomic mass is 16.6. The van der Waals surface area contributed by atoms with E-state index >= 15 is 0 Å². The summed E-state index contributed by atoms with van der Waals surface area (Å²) < 4.78 is 5.12. The smallest absolute Gasteiger partial charge is 0.404 e.